The van der Waals surface area contributed by atoms with Crippen molar-refractivity contribution >= 4 is 17.4 Å². The van der Waals surface area contributed by atoms with Gasteiger partial charge in [0.05, 0.1) is 0 Å². The van der Waals surface area contributed by atoms with Crippen molar-refractivity contribution in [3.05, 3.63) is 16.6 Å². The van der Waals surface area contributed by atoms with Crippen molar-refractivity contribution in [2.24, 2.45) is 5.92 Å². The first-order valence-electron chi connectivity index (χ1n) is 8.84. The average molecular weight is 355 g/mol. The summed E-state index contributed by atoms with van der Waals surface area (Å²) >= 11 is 1.63. The third kappa shape index (κ3) is 6.40. The summed E-state index contributed by atoms with van der Waals surface area (Å²) in [5.41, 5.74) is -0.427. The van der Waals surface area contributed by atoms with Crippen molar-refractivity contribution in [2.75, 3.05) is 19.7 Å². The lowest BCUT2D eigenvalue weighted by atomic mass is 9.94. The first-order chi connectivity index (χ1) is 11.3. The Bertz CT molecular complexity index is 499. The summed E-state index contributed by atoms with van der Waals surface area (Å²) in [6, 6.07) is 0. The highest BCUT2D eigenvalue weighted by Crippen LogP contribution is 2.24. The highest BCUT2D eigenvalue weighted by atomic mass is 32.1. The van der Waals surface area contributed by atoms with Crippen molar-refractivity contribution in [2.45, 2.75) is 65.1 Å². The molecule has 2 atom stereocenters. The summed E-state index contributed by atoms with van der Waals surface area (Å²) < 4.78 is 11.3. The minimum atomic E-state index is -0.427. The van der Waals surface area contributed by atoms with E-state index in [1.807, 2.05) is 44.2 Å². The van der Waals surface area contributed by atoms with Crippen molar-refractivity contribution in [3.8, 4) is 0 Å². The number of rotatable bonds is 6. The van der Waals surface area contributed by atoms with Crippen molar-refractivity contribution in [1.82, 2.24) is 9.88 Å². The molecule has 6 heteroatoms. The number of piperidine rings is 1. The molecule has 0 N–H and O–H groups in total. The Hall–Kier alpha value is -1.14. The van der Waals surface area contributed by atoms with Crippen LogP contribution in [-0.4, -0.2) is 41.3 Å². The second-order valence-corrected chi connectivity index (χ2v) is 8.39. The largest absolute Gasteiger partial charge is 0.444 e. The molecule has 1 aromatic heterocycles. The lowest BCUT2D eigenvalue weighted by molar-refractivity contribution is 0.0148. The number of carbonyl (C=O) groups excluding carboxylic acids is 1. The topological polar surface area (TPSA) is 51.7 Å². The van der Waals surface area contributed by atoms with Crippen LogP contribution >= 0.6 is 11.3 Å². The molecule has 0 aromatic carbocycles. The number of hydrogen-bond acceptors (Lipinski definition) is 5. The number of likely N-dealkylation sites (tertiary alicyclic amines) is 1. The standard InChI is InChI=1S/C18H30N2O3S/c1-14(16-19-9-12-24-16)22-11-6-8-15-7-5-10-20(13-15)17(21)23-18(2,3)4/h9,12,14-15H,5-8,10-11,13H2,1-4H3/t14-,15+/m1/s1. The van der Waals surface area contributed by atoms with E-state index in [0.29, 0.717) is 5.92 Å². The second-order valence-electron chi connectivity index (χ2n) is 7.46. The zero-order valence-corrected chi connectivity index (χ0v) is 16.1. The third-order valence-electron chi connectivity index (χ3n) is 4.09. The van der Waals surface area contributed by atoms with Gasteiger partial charge in [-0.25, -0.2) is 9.78 Å². The van der Waals surface area contributed by atoms with Gasteiger partial charge in [0.25, 0.3) is 0 Å². The number of aromatic nitrogens is 1. The lowest BCUT2D eigenvalue weighted by Gasteiger charge is -2.34. The van der Waals surface area contributed by atoms with Gasteiger partial charge in [-0.1, -0.05) is 0 Å². The number of nitrogens with zero attached hydrogens (tertiary/aromatic N) is 2. The van der Waals surface area contributed by atoms with Gasteiger partial charge < -0.3 is 14.4 Å². The molecule has 2 rings (SSSR count). The van der Waals surface area contributed by atoms with E-state index in [9.17, 15) is 4.79 Å². The summed E-state index contributed by atoms with van der Waals surface area (Å²) in [4.78, 5) is 18.3. The Kier molecular flexibility index (Phi) is 7.04. The molecule has 0 aliphatic carbocycles. The Morgan fingerprint density at radius 3 is 2.96 bits per heavy atom. The molecule has 0 unspecified atom stereocenters. The van der Waals surface area contributed by atoms with Crippen molar-refractivity contribution in [3.63, 3.8) is 0 Å². The van der Waals surface area contributed by atoms with Crippen LogP contribution in [0.25, 0.3) is 0 Å². The quantitative estimate of drug-likeness (QED) is 0.698. The smallest absolute Gasteiger partial charge is 0.410 e. The maximum atomic E-state index is 12.2. The monoisotopic (exact) mass is 354 g/mol. The maximum Gasteiger partial charge on any atom is 0.410 e. The van der Waals surface area contributed by atoms with E-state index < -0.39 is 5.60 Å². The van der Waals surface area contributed by atoms with E-state index in [1.54, 1.807) is 11.3 Å². The molecule has 24 heavy (non-hydrogen) atoms. The Morgan fingerprint density at radius 1 is 1.50 bits per heavy atom. The summed E-state index contributed by atoms with van der Waals surface area (Å²) in [5, 5.41) is 3.01. The van der Waals surface area contributed by atoms with Gasteiger partial charge in [-0.2, -0.15) is 0 Å². The highest BCUT2D eigenvalue weighted by molar-refractivity contribution is 7.09. The molecule has 0 bridgehead atoms. The van der Waals surface area contributed by atoms with E-state index >= 15 is 0 Å². The normalized spacial score (nSPS) is 20.0. The van der Waals surface area contributed by atoms with Crippen LogP contribution in [-0.2, 0) is 9.47 Å². The number of hydrogen-bond donors (Lipinski definition) is 0. The molecule has 136 valence electrons. The second kappa shape index (κ2) is 8.81. The predicted molar refractivity (Wildman–Crippen MR) is 96.2 cm³/mol. The molecule has 1 fully saturated rings. The zero-order valence-electron chi connectivity index (χ0n) is 15.3. The van der Waals surface area contributed by atoms with E-state index in [-0.39, 0.29) is 12.2 Å². The molecule has 1 aliphatic heterocycles. The fourth-order valence-electron chi connectivity index (χ4n) is 2.93. The van der Waals surface area contributed by atoms with Gasteiger partial charge in [-0.15, -0.1) is 11.3 Å². The van der Waals surface area contributed by atoms with Gasteiger partial charge in [0.15, 0.2) is 0 Å². The average Bonchev–Trinajstić information content (AvgIpc) is 3.04. The van der Waals surface area contributed by atoms with E-state index in [1.165, 1.54) is 6.42 Å². The van der Waals surface area contributed by atoms with Gasteiger partial charge in [-0.3, -0.25) is 0 Å². The van der Waals surface area contributed by atoms with Crippen LogP contribution in [0.2, 0.25) is 0 Å². The number of amides is 1. The van der Waals surface area contributed by atoms with Gasteiger partial charge in [0.1, 0.15) is 16.7 Å². The molecular weight excluding hydrogens is 324 g/mol. The van der Waals surface area contributed by atoms with Gasteiger partial charge in [0, 0.05) is 31.3 Å². The molecule has 1 saturated heterocycles. The van der Waals surface area contributed by atoms with Crippen LogP contribution in [0.1, 0.15) is 64.5 Å². The van der Waals surface area contributed by atoms with Crippen LogP contribution in [0, 0.1) is 5.92 Å². The minimum Gasteiger partial charge on any atom is -0.444 e. The Labute approximate surface area is 149 Å². The van der Waals surface area contributed by atoms with Crippen molar-refractivity contribution < 1.29 is 14.3 Å². The van der Waals surface area contributed by atoms with Gasteiger partial charge >= 0.3 is 6.09 Å². The third-order valence-corrected chi connectivity index (χ3v) is 5.03. The molecule has 0 radical (unpaired) electrons. The molecular formula is C18H30N2O3S. The molecule has 5 nitrogen and oxygen atoms in total. The Morgan fingerprint density at radius 2 is 2.29 bits per heavy atom. The van der Waals surface area contributed by atoms with Gasteiger partial charge in [-0.05, 0) is 59.3 Å². The number of carbonyl (C=O) groups is 1. The summed E-state index contributed by atoms with van der Waals surface area (Å²) in [5.74, 6) is 0.546. The van der Waals surface area contributed by atoms with E-state index in [0.717, 1.165) is 44.0 Å². The summed E-state index contributed by atoms with van der Waals surface area (Å²) in [6.45, 7) is 10.1. The van der Waals surface area contributed by atoms with Crippen LogP contribution < -0.4 is 0 Å². The first kappa shape index (κ1) is 19.2. The van der Waals surface area contributed by atoms with Gasteiger partial charge in [0.2, 0.25) is 0 Å². The number of thiazole rings is 1. The van der Waals surface area contributed by atoms with Crippen LogP contribution in [0.3, 0.4) is 0 Å². The van der Waals surface area contributed by atoms with Crippen LogP contribution in [0.4, 0.5) is 4.79 Å². The van der Waals surface area contributed by atoms with E-state index in [2.05, 4.69) is 4.98 Å². The van der Waals surface area contributed by atoms with Crippen LogP contribution in [0.5, 0.6) is 0 Å². The molecule has 0 saturated carbocycles. The zero-order chi connectivity index (χ0) is 17.6. The predicted octanol–water partition coefficient (Wildman–Crippen LogP) is 4.65. The summed E-state index contributed by atoms with van der Waals surface area (Å²) in [7, 11) is 0. The molecule has 2 heterocycles. The molecule has 1 aromatic rings. The highest BCUT2D eigenvalue weighted by Gasteiger charge is 2.27. The number of ether oxygens (including phenoxy) is 2. The van der Waals surface area contributed by atoms with Crippen molar-refractivity contribution in [1.29, 1.82) is 0 Å². The Balaban J connectivity index is 1.66. The fourth-order valence-corrected chi connectivity index (χ4v) is 3.57. The lowest BCUT2D eigenvalue weighted by Crippen LogP contribution is -2.42. The van der Waals surface area contributed by atoms with Crippen LogP contribution in [0.15, 0.2) is 11.6 Å². The SMILES string of the molecule is C[C@@H](OCCC[C@@H]1CCCN(C(=O)OC(C)(C)C)C1)c1nccs1. The minimum absolute atomic E-state index is 0.0645. The first-order valence-corrected chi connectivity index (χ1v) is 9.72. The summed E-state index contributed by atoms with van der Waals surface area (Å²) in [6.07, 6.45) is 6.04. The fraction of sp³-hybridized carbons (Fsp3) is 0.778. The maximum absolute atomic E-state index is 12.2. The van der Waals surface area contributed by atoms with E-state index in [4.69, 9.17) is 9.47 Å². The molecule has 1 amide bonds. The molecule has 0 spiro atoms. The molecule has 1 aliphatic rings.